The summed E-state index contributed by atoms with van der Waals surface area (Å²) in [6.07, 6.45) is 0.776. The van der Waals surface area contributed by atoms with Crippen LogP contribution < -0.4 is 5.32 Å². The van der Waals surface area contributed by atoms with E-state index in [1.165, 1.54) is 0 Å². The summed E-state index contributed by atoms with van der Waals surface area (Å²) in [6, 6.07) is 0. The molecule has 3 heteroatoms. The summed E-state index contributed by atoms with van der Waals surface area (Å²) in [7, 11) is 0. The summed E-state index contributed by atoms with van der Waals surface area (Å²) in [5, 5.41) is 21.0. The van der Waals surface area contributed by atoms with Gasteiger partial charge in [-0.25, -0.2) is 0 Å². The Kier molecular flexibility index (Phi) is 5.73. The Hall–Kier alpha value is -0.560. The molecule has 0 aliphatic heterocycles. The molecular weight excluding hydrogens is 154 g/mol. The van der Waals surface area contributed by atoms with E-state index >= 15 is 0 Å². The Balaban J connectivity index is 3.35. The van der Waals surface area contributed by atoms with Crippen LogP contribution in [-0.4, -0.2) is 35.5 Å². The Morgan fingerprint density at radius 3 is 2.67 bits per heavy atom. The second kappa shape index (κ2) is 6.01. The van der Waals surface area contributed by atoms with Gasteiger partial charge in [0.2, 0.25) is 0 Å². The van der Waals surface area contributed by atoms with E-state index in [9.17, 15) is 5.11 Å². The van der Waals surface area contributed by atoms with Crippen molar-refractivity contribution in [2.24, 2.45) is 0 Å². The minimum absolute atomic E-state index is 0.223. The van der Waals surface area contributed by atoms with Gasteiger partial charge in [0.25, 0.3) is 0 Å². The second-order valence-corrected chi connectivity index (χ2v) is 3.01. The van der Waals surface area contributed by atoms with Crippen LogP contribution in [0.1, 0.15) is 20.3 Å². The third kappa shape index (κ3) is 6.17. The zero-order chi connectivity index (χ0) is 9.45. The van der Waals surface area contributed by atoms with Crippen molar-refractivity contribution in [3.8, 4) is 11.8 Å². The van der Waals surface area contributed by atoms with Crippen LogP contribution >= 0.6 is 0 Å². The van der Waals surface area contributed by atoms with Crippen molar-refractivity contribution in [2.75, 3.05) is 19.7 Å². The third-order valence-electron chi connectivity index (χ3n) is 1.45. The summed E-state index contributed by atoms with van der Waals surface area (Å²) >= 11 is 0. The fraction of sp³-hybridized carbons (Fsp3) is 0.778. The summed E-state index contributed by atoms with van der Waals surface area (Å²) < 4.78 is 0. The molecule has 1 atom stereocenters. The quantitative estimate of drug-likeness (QED) is 0.394. The summed E-state index contributed by atoms with van der Waals surface area (Å²) in [5.74, 6) is 5.67. The smallest absolute Gasteiger partial charge is 0.0972 e. The van der Waals surface area contributed by atoms with Crippen LogP contribution in [0.3, 0.4) is 0 Å². The van der Waals surface area contributed by atoms with Crippen molar-refractivity contribution in [1.82, 2.24) is 5.32 Å². The van der Waals surface area contributed by atoms with Crippen molar-refractivity contribution in [3.63, 3.8) is 0 Å². The lowest BCUT2D eigenvalue weighted by atomic mass is 10.1. The molecule has 1 unspecified atom stereocenters. The molecule has 0 aliphatic rings. The molecule has 0 fully saturated rings. The van der Waals surface area contributed by atoms with Gasteiger partial charge >= 0.3 is 0 Å². The number of nitrogens with one attached hydrogen (secondary N) is 1. The van der Waals surface area contributed by atoms with E-state index in [4.69, 9.17) is 5.11 Å². The topological polar surface area (TPSA) is 52.5 Å². The fourth-order valence-electron chi connectivity index (χ4n) is 0.689. The van der Waals surface area contributed by atoms with Crippen LogP contribution in [0.25, 0.3) is 0 Å². The standard InChI is InChI=1S/C9H17NO2/c1-3-4-5-6-10-7-9(2,12)8-11/h10-12H,5-8H2,1-2H3. The molecule has 0 radical (unpaired) electrons. The van der Waals surface area contributed by atoms with Crippen LogP contribution in [0.4, 0.5) is 0 Å². The van der Waals surface area contributed by atoms with Crippen molar-refractivity contribution < 1.29 is 10.2 Å². The first-order valence-electron chi connectivity index (χ1n) is 4.06. The minimum Gasteiger partial charge on any atom is -0.393 e. The zero-order valence-corrected chi connectivity index (χ0v) is 7.72. The molecule has 3 N–H and O–H groups in total. The van der Waals surface area contributed by atoms with Crippen molar-refractivity contribution in [1.29, 1.82) is 0 Å². The number of rotatable bonds is 5. The number of hydrogen-bond donors (Lipinski definition) is 3. The molecule has 0 saturated carbocycles. The van der Waals surface area contributed by atoms with Gasteiger partial charge in [-0.05, 0) is 13.8 Å². The molecule has 0 aliphatic carbocycles. The first kappa shape index (κ1) is 11.4. The first-order valence-corrected chi connectivity index (χ1v) is 4.06. The second-order valence-electron chi connectivity index (χ2n) is 3.01. The number of aliphatic hydroxyl groups excluding tert-OH is 1. The Bertz CT molecular complexity index is 167. The van der Waals surface area contributed by atoms with Gasteiger partial charge in [0.1, 0.15) is 0 Å². The fourth-order valence-corrected chi connectivity index (χ4v) is 0.689. The van der Waals surface area contributed by atoms with Crippen LogP contribution in [-0.2, 0) is 0 Å². The van der Waals surface area contributed by atoms with Crippen molar-refractivity contribution in [3.05, 3.63) is 0 Å². The predicted octanol–water partition coefficient (Wildman–Crippen LogP) is -0.267. The van der Waals surface area contributed by atoms with E-state index < -0.39 is 5.60 Å². The SMILES string of the molecule is CC#CCCNCC(C)(O)CO. The van der Waals surface area contributed by atoms with Crippen molar-refractivity contribution >= 4 is 0 Å². The highest BCUT2D eigenvalue weighted by atomic mass is 16.3. The van der Waals surface area contributed by atoms with E-state index in [0.29, 0.717) is 6.54 Å². The average Bonchev–Trinajstić information content (AvgIpc) is 2.04. The lowest BCUT2D eigenvalue weighted by molar-refractivity contribution is 0.00304. The van der Waals surface area contributed by atoms with Gasteiger partial charge < -0.3 is 15.5 Å². The molecule has 0 aromatic rings. The van der Waals surface area contributed by atoms with Crippen LogP contribution in [0.2, 0.25) is 0 Å². The molecule has 12 heavy (non-hydrogen) atoms. The highest BCUT2D eigenvalue weighted by Crippen LogP contribution is 1.97. The summed E-state index contributed by atoms with van der Waals surface area (Å²) in [6.45, 7) is 4.31. The molecule has 70 valence electrons. The molecule has 0 aromatic carbocycles. The normalized spacial score (nSPS) is 14.7. The van der Waals surface area contributed by atoms with Gasteiger partial charge in [0.05, 0.1) is 12.2 Å². The predicted molar refractivity (Wildman–Crippen MR) is 48.6 cm³/mol. The Morgan fingerprint density at radius 2 is 2.17 bits per heavy atom. The molecule has 0 rings (SSSR count). The average molecular weight is 171 g/mol. The molecular formula is C9H17NO2. The molecule has 0 amide bonds. The van der Waals surface area contributed by atoms with E-state index in [0.717, 1.165) is 13.0 Å². The van der Waals surface area contributed by atoms with Gasteiger partial charge in [-0.2, -0.15) is 0 Å². The maximum atomic E-state index is 9.33. The summed E-state index contributed by atoms with van der Waals surface area (Å²) in [5.41, 5.74) is -1.01. The van der Waals surface area contributed by atoms with E-state index in [2.05, 4.69) is 17.2 Å². The Morgan fingerprint density at radius 1 is 1.50 bits per heavy atom. The molecule has 3 nitrogen and oxygen atoms in total. The van der Waals surface area contributed by atoms with Gasteiger partial charge in [-0.15, -0.1) is 11.8 Å². The van der Waals surface area contributed by atoms with E-state index in [1.54, 1.807) is 13.8 Å². The van der Waals surface area contributed by atoms with E-state index in [-0.39, 0.29) is 6.61 Å². The minimum atomic E-state index is -1.01. The molecule has 0 heterocycles. The number of aliphatic hydroxyl groups is 2. The maximum Gasteiger partial charge on any atom is 0.0972 e. The van der Waals surface area contributed by atoms with Gasteiger partial charge in [0, 0.05) is 19.5 Å². The van der Waals surface area contributed by atoms with Crippen LogP contribution in [0, 0.1) is 11.8 Å². The molecule has 0 spiro atoms. The lowest BCUT2D eigenvalue weighted by Crippen LogP contribution is -2.41. The first-order chi connectivity index (χ1) is 5.62. The molecule has 0 saturated heterocycles. The molecule has 0 aromatic heterocycles. The van der Waals surface area contributed by atoms with Crippen molar-refractivity contribution in [2.45, 2.75) is 25.9 Å². The zero-order valence-electron chi connectivity index (χ0n) is 7.72. The lowest BCUT2D eigenvalue weighted by Gasteiger charge is -2.20. The third-order valence-corrected chi connectivity index (χ3v) is 1.45. The number of hydrogen-bond acceptors (Lipinski definition) is 3. The van der Waals surface area contributed by atoms with Gasteiger partial charge in [-0.1, -0.05) is 0 Å². The van der Waals surface area contributed by atoms with Gasteiger partial charge in [0.15, 0.2) is 0 Å². The largest absolute Gasteiger partial charge is 0.393 e. The van der Waals surface area contributed by atoms with Crippen LogP contribution in [0.5, 0.6) is 0 Å². The molecule has 0 bridgehead atoms. The maximum absolute atomic E-state index is 9.33. The van der Waals surface area contributed by atoms with E-state index in [1.807, 2.05) is 0 Å². The highest BCUT2D eigenvalue weighted by Gasteiger charge is 2.17. The summed E-state index contributed by atoms with van der Waals surface area (Å²) in [4.78, 5) is 0. The highest BCUT2D eigenvalue weighted by molar-refractivity contribution is 4.95. The monoisotopic (exact) mass is 171 g/mol. The van der Waals surface area contributed by atoms with Gasteiger partial charge in [-0.3, -0.25) is 0 Å². The van der Waals surface area contributed by atoms with Crippen LogP contribution in [0.15, 0.2) is 0 Å². The Labute approximate surface area is 73.8 Å².